The fourth-order valence-corrected chi connectivity index (χ4v) is 1.49. The van der Waals surface area contributed by atoms with Crippen LogP contribution in [0.3, 0.4) is 0 Å². The molecule has 0 aromatic carbocycles. The topological polar surface area (TPSA) is 61.8 Å². The van der Waals surface area contributed by atoms with Crippen molar-refractivity contribution in [1.29, 1.82) is 0 Å². The molecule has 13 heavy (non-hydrogen) atoms. The van der Waals surface area contributed by atoms with Gasteiger partial charge in [0.05, 0.1) is 5.75 Å². The number of hydrogen-bond acceptors (Lipinski definition) is 5. The van der Waals surface area contributed by atoms with E-state index >= 15 is 0 Å². The molecule has 1 atom stereocenters. The second kappa shape index (κ2) is 3.53. The molecule has 1 rings (SSSR count). The average Bonchev–Trinajstić information content (AvgIpc) is 2.29. The summed E-state index contributed by atoms with van der Waals surface area (Å²) >= 11 is 0. The standard InChI is InChI=1S/C7H14O5S/c1-4-13(8,9)12-6-5-10-7(2,3)11-6/h6H,4-5H2,1-3H3/t6-/m1/s1. The van der Waals surface area contributed by atoms with Crippen molar-refractivity contribution in [3.05, 3.63) is 0 Å². The molecule has 1 aliphatic rings. The molecule has 0 unspecified atom stereocenters. The van der Waals surface area contributed by atoms with E-state index in [1.165, 1.54) is 6.92 Å². The Balaban J connectivity index is 2.50. The van der Waals surface area contributed by atoms with Crippen molar-refractivity contribution < 1.29 is 22.1 Å². The highest BCUT2D eigenvalue weighted by Crippen LogP contribution is 2.23. The molecule has 0 aromatic rings. The van der Waals surface area contributed by atoms with Gasteiger partial charge < -0.3 is 9.47 Å². The van der Waals surface area contributed by atoms with Gasteiger partial charge in [-0.25, -0.2) is 4.18 Å². The molecule has 1 saturated heterocycles. The van der Waals surface area contributed by atoms with E-state index in [4.69, 9.17) is 13.7 Å². The molecule has 0 amide bonds. The fraction of sp³-hybridized carbons (Fsp3) is 1.00. The monoisotopic (exact) mass is 210 g/mol. The summed E-state index contributed by atoms with van der Waals surface area (Å²) in [4.78, 5) is 0. The molecular weight excluding hydrogens is 196 g/mol. The van der Waals surface area contributed by atoms with Crippen LogP contribution in [0.15, 0.2) is 0 Å². The molecule has 78 valence electrons. The molecule has 0 bridgehead atoms. The van der Waals surface area contributed by atoms with Gasteiger partial charge in [-0.1, -0.05) is 0 Å². The normalized spacial score (nSPS) is 27.8. The lowest BCUT2D eigenvalue weighted by Crippen LogP contribution is -2.25. The Kier molecular flexibility index (Phi) is 2.96. The van der Waals surface area contributed by atoms with E-state index < -0.39 is 22.2 Å². The van der Waals surface area contributed by atoms with E-state index in [9.17, 15) is 8.42 Å². The van der Waals surface area contributed by atoms with Crippen molar-refractivity contribution >= 4 is 10.1 Å². The van der Waals surface area contributed by atoms with Gasteiger partial charge in [-0.2, -0.15) is 8.42 Å². The Labute approximate surface area is 78.1 Å². The van der Waals surface area contributed by atoms with Gasteiger partial charge in [0.1, 0.15) is 6.61 Å². The smallest absolute Gasteiger partial charge is 0.269 e. The van der Waals surface area contributed by atoms with Crippen LogP contribution < -0.4 is 0 Å². The number of ether oxygens (including phenoxy) is 2. The van der Waals surface area contributed by atoms with Crippen molar-refractivity contribution in [2.45, 2.75) is 32.8 Å². The summed E-state index contributed by atoms with van der Waals surface area (Å²) in [6, 6.07) is 0. The van der Waals surface area contributed by atoms with Gasteiger partial charge in [0.25, 0.3) is 10.1 Å². The van der Waals surface area contributed by atoms with Crippen LogP contribution in [0.5, 0.6) is 0 Å². The first-order chi connectivity index (χ1) is 5.85. The van der Waals surface area contributed by atoms with Gasteiger partial charge >= 0.3 is 0 Å². The van der Waals surface area contributed by atoms with Gasteiger partial charge in [0, 0.05) is 0 Å². The zero-order valence-electron chi connectivity index (χ0n) is 7.94. The maximum Gasteiger partial charge on any atom is 0.269 e. The van der Waals surface area contributed by atoms with Gasteiger partial charge in [-0.3, -0.25) is 0 Å². The number of rotatable bonds is 3. The molecule has 6 heteroatoms. The Hall–Kier alpha value is -0.170. The molecule has 5 nitrogen and oxygen atoms in total. The lowest BCUT2D eigenvalue weighted by Gasteiger charge is -2.16. The van der Waals surface area contributed by atoms with Crippen molar-refractivity contribution in [1.82, 2.24) is 0 Å². The van der Waals surface area contributed by atoms with Gasteiger partial charge in [0.15, 0.2) is 5.79 Å². The molecule has 0 spiro atoms. The maximum atomic E-state index is 11.0. The summed E-state index contributed by atoms with van der Waals surface area (Å²) in [6.45, 7) is 5.06. The van der Waals surface area contributed by atoms with Crippen molar-refractivity contribution in [3.63, 3.8) is 0 Å². The zero-order chi connectivity index (χ0) is 10.1. The Morgan fingerprint density at radius 1 is 1.54 bits per heavy atom. The minimum absolute atomic E-state index is 0.0622. The van der Waals surface area contributed by atoms with E-state index in [0.717, 1.165) is 0 Å². The van der Waals surface area contributed by atoms with Crippen LogP contribution >= 0.6 is 0 Å². The molecule has 0 aromatic heterocycles. The first-order valence-electron chi connectivity index (χ1n) is 4.07. The molecule has 1 aliphatic heterocycles. The van der Waals surface area contributed by atoms with Crippen LogP contribution in [0.2, 0.25) is 0 Å². The Morgan fingerprint density at radius 3 is 2.54 bits per heavy atom. The third-order valence-corrected chi connectivity index (χ3v) is 2.80. The molecule has 0 N–H and O–H groups in total. The highest BCUT2D eigenvalue weighted by molar-refractivity contribution is 7.86. The quantitative estimate of drug-likeness (QED) is 0.633. The summed E-state index contributed by atoms with van der Waals surface area (Å²) in [5, 5.41) is 0. The summed E-state index contributed by atoms with van der Waals surface area (Å²) in [6.07, 6.45) is -0.806. The summed E-state index contributed by atoms with van der Waals surface area (Å²) < 4.78 is 37.0. The second-order valence-corrected chi connectivity index (χ2v) is 5.09. The molecule has 0 radical (unpaired) electrons. The highest BCUT2D eigenvalue weighted by Gasteiger charge is 2.35. The van der Waals surface area contributed by atoms with E-state index in [1.54, 1.807) is 13.8 Å². The van der Waals surface area contributed by atoms with Gasteiger partial charge in [-0.15, -0.1) is 0 Å². The average molecular weight is 210 g/mol. The molecular formula is C7H14O5S. The summed E-state index contributed by atoms with van der Waals surface area (Å²) in [5.41, 5.74) is 0. The maximum absolute atomic E-state index is 11.0. The molecule has 1 heterocycles. The molecule has 1 fully saturated rings. The van der Waals surface area contributed by atoms with E-state index in [2.05, 4.69) is 0 Å². The first-order valence-corrected chi connectivity index (χ1v) is 5.65. The predicted octanol–water partition coefficient (Wildman–Crippen LogP) is 0.462. The van der Waals surface area contributed by atoms with Crippen LogP contribution in [0, 0.1) is 0 Å². The van der Waals surface area contributed by atoms with Crippen molar-refractivity contribution in [2.75, 3.05) is 12.4 Å². The largest absolute Gasteiger partial charge is 0.345 e. The minimum Gasteiger partial charge on any atom is -0.345 e. The lowest BCUT2D eigenvalue weighted by molar-refractivity contribution is -0.166. The van der Waals surface area contributed by atoms with E-state index in [1.807, 2.05) is 0 Å². The van der Waals surface area contributed by atoms with Crippen LogP contribution in [-0.2, 0) is 23.8 Å². The molecule has 0 saturated carbocycles. The Morgan fingerprint density at radius 2 is 2.15 bits per heavy atom. The number of hydrogen-bond donors (Lipinski definition) is 0. The third-order valence-electron chi connectivity index (χ3n) is 1.59. The Bertz CT molecular complexity index is 269. The third kappa shape index (κ3) is 3.22. The highest BCUT2D eigenvalue weighted by atomic mass is 32.2. The van der Waals surface area contributed by atoms with Crippen LogP contribution in [-0.4, -0.2) is 32.9 Å². The van der Waals surface area contributed by atoms with Gasteiger partial charge in [0.2, 0.25) is 6.29 Å². The van der Waals surface area contributed by atoms with E-state index in [-0.39, 0.29) is 12.4 Å². The first kappa shape index (κ1) is 10.9. The van der Waals surface area contributed by atoms with Crippen LogP contribution in [0.4, 0.5) is 0 Å². The zero-order valence-corrected chi connectivity index (χ0v) is 8.76. The minimum atomic E-state index is -3.46. The molecule has 0 aliphatic carbocycles. The van der Waals surface area contributed by atoms with Gasteiger partial charge in [-0.05, 0) is 20.8 Å². The van der Waals surface area contributed by atoms with Crippen LogP contribution in [0.1, 0.15) is 20.8 Å². The fourth-order valence-electron chi connectivity index (χ4n) is 0.932. The second-order valence-electron chi connectivity index (χ2n) is 3.20. The van der Waals surface area contributed by atoms with E-state index in [0.29, 0.717) is 0 Å². The predicted molar refractivity (Wildman–Crippen MR) is 45.4 cm³/mol. The van der Waals surface area contributed by atoms with Crippen LogP contribution in [0.25, 0.3) is 0 Å². The summed E-state index contributed by atoms with van der Waals surface area (Å²) in [5.74, 6) is -0.818. The lowest BCUT2D eigenvalue weighted by atomic mass is 10.4. The van der Waals surface area contributed by atoms with Crippen molar-refractivity contribution in [2.24, 2.45) is 0 Å². The van der Waals surface area contributed by atoms with Crippen molar-refractivity contribution in [3.8, 4) is 0 Å². The summed E-state index contributed by atoms with van der Waals surface area (Å²) in [7, 11) is -3.46. The SMILES string of the molecule is CCS(=O)(=O)O[C@@H]1COC(C)(C)O1.